The van der Waals surface area contributed by atoms with Crippen molar-refractivity contribution in [1.29, 1.82) is 0 Å². The standard InChI is InChI=1S/C16H21NO3/c1-2-3-10-19-11-6-9-17-16(18)15-12-13-7-4-5-8-14(13)20-15/h4-5,7-8,12H,2-3,6,9-11H2,1H3,(H,17,18). The first-order valence-corrected chi connectivity index (χ1v) is 7.16. The van der Waals surface area contributed by atoms with Crippen molar-refractivity contribution in [3.63, 3.8) is 0 Å². The van der Waals surface area contributed by atoms with Gasteiger partial charge in [0.05, 0.1) is 0 Å². The third-order valence-electron chi connectivity index (χ3n) is 3.04. The highest BCUT2D eigenvalue weighted by Crippen LogP contribution is 2.18. The minimum atomic E-state index is -0.172. The van der Waals surface area contributed by atoms with E-state index in [-0.39, 0.29) is 5.91 Å². The predicted molar refractivity (Wildman–Crippen MR) is 78.9 cm³/mol. The second kappa shape index (κ2) is 7.70. The van der Waals surface area contributed by atoms with Crippen molar-refractivity contribution in [2.45, 2.75) is 26.2 Å². The average molecular weight is 275 g/mol. The first-order chi connectivity index (χ1) is 9.81. The van der Waals surface area contributed by atoms with Gasteiger partial charge in [-0.3, -0.25) is 4.79 Å². The molecule has 1 heterocycles. The van der Waals surface area contributed by atoms with Gasteiger partial charge in [-0.2, -0.15) is 0 Å². The van der Waals surface area contributed by atoms with E-state index in [1.54, 1.807) is 6.07 Å². The maximum Gasteiger partial charge on any atom is 0.287 e. The highest BCUT2D eigenvalue weighted by Gasteiger charge is 2.10. The van der Waals surface area contributed by atoms with Gasteiger partial charge in [-0.25, -0.2) is 0 Å². The van der Waals surface area contributed by atoms with Gasteiger partial charge in [0.25, 0.3) is 5.91 Å². The van der Waals surface area contributed by atoms with Crippen molar-refractivity contribution in [2.24, 2.45) is 0 Å². The number of carbonyl (C=O) groups is 1. The van der Waals surface area contributed by atoms with Crippen LogP contribution in [0.1, 0.15) is 36.7 Å². The summed E-state index contributed by atoms with van der Waals surface area (Å²) in [5.41, 5.74) is 0.737. The number of fused-ring (bicyclic) bond motifs is 1. The first-order valence-electron chi connectivity index (χ1n) is 7.16. The van der Waals surface area contributed by atoms with Crippen molar-refractivity contribution in [3.8, 4) is 0 Å². The Kier molecular flexibility index (Phi) is 5.62. The van der Waals surface area contributed by atoms with Crippen LogP contribution in [0.2, 0.25) is 0 Å². The lowest BCUT2D eigenvalue weighted by Gasteiger charge is -2.04. The smallest absolute Gasteiger partial charge is 0.287 e. The molecule has 2 rings (SSSR count). The molecule has 0 aliphatic rings. The highest BCUT2D eigenvalue weighted by atomic mass is 16.5. The quantitative estimate of drug-likeness (QED) is 0.751. The van der Waals surface area contributed by atoms with E-state index in [2.05, 4.69) is 12.2 Å². The third-order valence-corrected chi connectivity index (χ3v) is 3.04. The Morgan fingerprint density at radius 1 is 1.25 bits per heavy atom. The van der Waals surface area contributed by atoms with Gasteiger partial charge < -0.3 is 14.5 Å². The molecule has 0 fully saturated rings. The van der Waals surface area contributed by atoms with E-state index in [1.807, 2.05) is 24.3 Å². The number of amides is 1. The lowest BCUT2D eigenvalue weighted by molar-refractivity contribution is 0.0915. The predicted octanol–water partition coefficient (Wildman–Crippen LogP) is 3.37. The molecule has 0 aliphatic carbocycles. The molecule has 1 aromatic carbocycles. The Morgan fingerprint density at radius 3 is 2.85 bits per heavy atom. The van der Waals surface area contributed by atoms with E-state index in [9.17, 15) is 4.79 Å². The third kappa shape index (κ3) is 4.10. The number of nitrogens with one attached hydrogen (secondary N) is 1. The van der Waals surface area contributed by atoms with E-state index in [0.717, 1.165) is 36.8 Å². The minimum Gasteiger partial charge on any atom is -0.451 e. The molecular weight excluding hydrogens is 254 g/mol. The molecule has 0 unspecified atom stereocenters. The van der Waals surface area contributed by atoms with Gasteiger partial charge in [-0.1, -0.05) is 31.5 Å². The largest absolute Gasteiger partial charge is 0.451 e. The maximum absolute atomic E-state index is 11.9. The molecule has 2 aromatic rings. The summed E-state index contributed by atoms with van der Waals surface area (Å²) in [4.78, 5) is 11.9. The molecule has 108 valence electrons. The second-order valence-corrected chi connectivity index (χ2v) is 4.72. The summed E-state index contributed by atoms with van der Waals surface area (Å²) in [7, 11) is 0. The molecule has 0 spiro atoms. The van der Waals surface area contributed by atoms with Crippen LogP contribution < -0.4 is 5.32 Å². The monoisotopic (exact) mass is 275 g/mol. The Bertz CT molecular complexity index is 514. The number of hydrogen-bond acceptors (Lipinski definition) is 3. The molecule has 20 heavy (non-hydrogen) atoms. The van der Waals surface area contributed by atoms with Crippen LogP contribution in [-0.2, 0) is 4.74 Å². The minimum absolute atomic E-state index is 0.172. The number of benzene rings is 1. The van der Waals surface area contributed by atoms with E-state index in [1.165, 1.54) is 0 Å². The highest BCUT2D eigenvalue weighted by molar-refractivity contribution is 5.95. The molecule has 1 amide bonds. The summed E-state index contributed by atoms with van der Waals surface area (Å²) >= 11 is 0. The molecule has 0 aliphatic heterocycles. The van der Waals surface area contributed by atoms with Crippen molar-refractivity contribution in [3.05, 3.63) is 36.1 Å². The Morgan fingerprint density at radius 2 is 2.05 bits per heavy atom. The molecule has 1 N–H and O–H groups in total. The Labute approximate surface area is 119 Å². The SMILES string of the molecule is CCCCOCCCNC(=O)c1cc2ccccc2o1. The number of furan rings is 1. The summed E-state index contributed by atoms with van der Waals surface area (Å²) in [6, 6.07) is 9.36. The van der Waals surface area contributed by atoms with Crippen LogP contribution in [-0.4, -0.2) is 25.7 Å². The summed E-state index contributed by atoms with van der Waals surface area (Å²) < 4.78 is 10.9. The van der Waals surface area contributed by atoms with Crippen molar-refractivity contribution >= 4 is 16.9 Å². The lowest BCUT2D eigenvalue weighted by Crippen LogP contribution is -2.24. The normalized spacial score (nSPS) is 10.8. The van der Waals surface area contributed by atoms with Crippen molar-refractivity contribution in [2.75, 3.05) is 19.8 Å². The van der Waals surface area contributed by atoms with Gasteiger partial charge in [0.2, 0.25) is 0 Å². The number of hydrogen-bond donors (Lipinski definition) is 1. The maximum atomic E-state index is 11.9. The molecule has 0 radical (unpaired) electrons. The molecule has 4 heteroatoms. The zero-order valence-corrected chi connectivity index (χ0v) is 11.9. The number of ether oxygens (including phenoxy) is 1. The molecule has 1 aromatic heterocycles. The fraction of sp³-hybridized carbons (Fsp3) is 0.438. The molecule has 4 nitrogen and oxygen atoms in total. The number of rotatable bonds is 8. The van der Waals surface area contributed by atoms with Crippen LogP contribution in [0.4, 0.5) is 0 Å². The van der Waals surface area contributed by atoms with Gasteiger partial charge >= 0.3 is 0 Å². The van der Waals surface area contributed by atoms with Crippen LogP contribution in [0.5, 0.6) is 0 Å². The summed E-state index contributed by atoms with van der Waals surface area (Å²) in [6.45, 7) is 4.22. The van der Waals surface area contributed by atoms with Crippen LogP contribution >= 0.6 is 0 Å². The van der Waals surface area contributed by atoms with Crippen LogP contribution in [0.25, 0.3) is 11.0 Å². The van der Waals surface area contributed by atoms with Crippen molar-refractivity contribution < 1.29 is 13.9 Å². The number of unbranched alkanes of at least 4 members (excludes halogenated alkanes) is 1. The van der Waals surface area contributed by atoms with Crippen LogP contribution in [0.15, 0.2) is 34.7 Å². The topological polar surface area (TPSA) is 51.5 Å². The number of para-hydroxylation sites is 1. The van der Waals surface area contributed by atoms with Gasteiger partial charge in [0.1, 0.15) is 5.58 Å². The first kappa shape index (κ1) is 14.6. The van der Waals surface area contributed by atoms with Crippen LogP contribution in [0, 0.1) is 0 Å². The van der Waals surface area contributed by atoms with Gasteiger partial charge in [0, 0.05) is 25.1 Å². The summed E-state index contributed by atoms with van der Waals surface area (Å²) in [5.74, 6) is 0.188. The average Bonchev–Trinajstić information content (AvgIpc) is 2.90. The fourth-order valence-electron chi connectivity index (χ4n) is 1.91. The molecule has 0 bridgehead atoms. The summed E-state index contributed by atoms with van der Waals surface area (Å²) in [6.07, 6.45) is 3.05. The fourth-order valence-corrected chi connectivity index (χ4v) is 1.91. The lowest BCUT2D eigenvalue weighted by atomic mass is 10.2. The van der Waals surface area contributed by atoms with E-state index >= 15 is 0 Å². The Hall–Kier alpha value is -1.81. The zero-order chi connectivity index (χ0) is 14.2. The second-order valence-electron chi connectivity index (χ2n) is 4.72. The van der Waals surface area contributed by atoms with E-state index < -0.39 is 0 Å². The summed E-state index contributed by atoms with van der Waals surface area (Å²) in [5, 5.41) is 3.78. The molecule has 0 saturated carbocycles. The van der Waals surface area contributed by atoms with E-state index in [4.69, 9.17) is 9.15 Å². The van der Waals surface area contributed by atoms with Crippen LogP contribution in [0.3, 0.4) is 0 Å². The van der Waals surface area contributed by atoms with Crippen molar-refractivity contribution in [1.82, 2.24) is 5.32 Å². The molecular formula is C16H21NO3. The van der Waals surface area contributed by atoms with Gasteiger partial charge in [-0.15, -0.1) is 0 Å². The Balaban J connectivity index is 1.72. The number of carbonyl (C=O) groups excluding carboxylic acids is 1. The van der Waals surface area contributed by atoms with E-state index in [0.29, 0.717) is 18.9 Å². The zero-order valence-electron chi connectivity index (χ0n) is 11.9. The van der Waals surface area contributed by atoms with Gasteiger partial charge in [0.15, 0.2) is 5.76 Å². The van der Waals surface area contributed by atoms with Gasteiger partial charge in [-0.05, 0) is 25.0 Å². The molecule has 0 saturated heterocycles. The molecule has 0 atom stereocenters.